The van der Waals surface area contributed by atoms with Crippen molar-refractivity contribution in [3.05, 3.63) is 83.6 Å². The summed E-state index contributed by atoms with van der Waals surface area (Å²) in [6, 6.07) is 11.0. The van der Waals surface area contributed by atoms with Gasteiger partial charge in [-0.15, -0.1) is 0 Å². The van der Waals surface area contributed by atoms with Gasteiger partial charge in [-0.1, -0.05) is 0 Å². The van der Waals surface area contributed by atoms with Crippen molar-refractivity contribution in [3.63, 3.8) is 0 Å². The molecule has 0 radical (unpaired) electrons. The van der Waals surface area contributed by atoms with Crippen LogP contribution in [-0.4, -0.2) is 53.7 Å². The van der Waals surface area contributed by atoms with Crippen LogP contribution in [0.15, 0.2) is 60.9 Å². The normalized spacial score (nSPS) is 13.9. The second-order valence-corrected chi connectivity index (χ2v) is 8.51. The zero-order valence-electron chi connectivity index (χ0n) is 19.9. The molecule has 1 saturated heterocycles. The van der Waals surface area contributed by atoms with Gasteiger partial charge >= 0.3 is 6.18 Å². The number of ketones is 1. The molecule has 0 atom stereocenters. The number of ether oxygens (including phenoxy) is 1. The van der Waals surface area contributed by atoms with E-state index >= 15 is 0 Å². The quantitative estimate of drug-likeness (QED) is 0.203. The third-order valence-corrected chi connectivity index (χ3v) is 5.97. The van der Waals surface area contributed by atoms with Gasteiger partial charge in [0.05, 0.1) is 42.7 Å². The minimum atomic E-state index is -4.56. The van der Waals surface area contributed by atoms with Gasteiger partial charge in [-0.3, -0.25) is 14.8 Å². The Balaban J connectivity index is 1.31. The van der Waals surface area contributed by atoms with Gasteiger partial charge in [0.25, 0.3) is 0 Å². The van der Waals surface area contributed by atoms with E-state index in [0.29, 0.717) is 48.8 Å². The molecule has 1 fully saturated rings. The SMILES string of the molecule is O=C(c1ccc2ncc(N3CCOCC3)nc2c1)c1cc(NCNc2ccnc(C(F)(F)F)c2)ccc1F. The first-order chi connectivity index (χ1) is 18.3. The highest BCUT2D eigenvalue weighted by Crippen LogP contribution is 2.29. The molecule has 0 unspecified atom stereocenters. The number of anilines is 3. The van der Waals surface area contributed by atoms with Crippen LogP contribution in [0.5, 0.6) is 0 Å². The number of hydrogen-bond acceptors (Lipinski definition) is 8. The van der Waals surface area contributed by atoms with Crippen LogP contribution in [-0.2, 0) is 10.9 Å². The van der Waals surface area contributed by atoms with Crippen molar-refractivity contribution in [1.29, 1.82) is 0 Å². The number of fused-ring (bicyclic) bond motifs is 1. The van der Waals surface area contributed by atoms with E-state index in [1.165, 1.54) is 18.2 Å². The predicted molar refractivity (Wildman–Crippen MR) is 134 cm³/mol. The number of nitrogens with zero attached hydrogens (tertiary/aromatic N) is 4. The van der Waals surface area contributed by atoms with Gasteiger partial charge in [0.1, 0.15) is 17.3 Å². The third-order valence-electron chi connectivity index (χ3n) is 5.97. The third kappa shape index (κ3) is 5.65. The van der Waals surface area contributed by atoms with Crippen molar-refractivity contribution in [2.75, 3.05) is 48.5 Å². The van der Waals surface area contributed by atoms with Crippen molar-refractivity contribution in [2.45, 2.75) is 6.18 Å². The Morgan fingerprint density at radius 2 is 1.71 bits per heavy atom. The molecular weight excluding hydrogens is 504 g/mol. The number of hydrogen-bond donors (Lipinski definition) is 2. The molecule has 8 nitrogen and oxygen atoms in total. The van der Waals surface area contributed by atoms with E-state index in [4.69, 9.17) is 4.74 Å². The van der Waals surface area contributed by atoms with Crippen molar-refractivity contribution in [1.82, 2.24) is 15.0 Å². The Hall–Kier alpha value is -4.32. The van der Waals surface area contributed by atoms with Crippen LogP contribution in [0.4, 0.5) is 34.8 Å². The van der Waals surface area contributed by atoms with Crippen molar-refractivity contribution in [2.24, 2.45) is 0 Å². The molecule has 196 valence electrons. The molecule has 3 heterocycles. The number of nitrogens with one attached hydrogen (secondary N) is 2. The number of morpholine rings is 1. The maximum Gasteiger partial charge on any atom is 0.433 e. The van der Waals surface area contributed by atoms with Crippen molar-refractivity contribution < 1.29 is 27.1 Å². The minimum Gasteiger partial charge on any atom is -0.378 e. The molecule has 12 heteroatoms. The average molecular weight is 526 g/mol. The summed E-state index contributed by atoms with van der Waals surface area (Å²) in [5, 5.41) is 5.73. The minimum absolute atomic E-state index is 0.0243. The Morgan fingerprint density at radius 3 is 2.47 bits per heavy atom. The lowest BCUT2D eigenvalue weighted by Crippen LogP contribution is -2.36. The molecule has 2 aromatic heterocycles. The summed E-state index contributed by atoms with van der Waals surface area (Å²) in [5.74, 6) is -0.568. The molecular formula is C26H22F4N6O2. The van der Waals surface area contributed by atoms with E-state index in [2.05, 4.69) is 25.6 Å². The zero-order chi connectivity index (χ0) is 26.7. The standard InChI is InChI=1S/C26H22F4N6O2/c27-20-3-2-17(33-15-34-18-5-6-31-23(13-18)26(28,29)30)12-19(20)25(37)16-1-4-21-22(11-16)35-24(14-32-21)36-7-9-38-10-8-36/h1-6,11-14,33H,7-10,15H2,(H,31,34). The molecule has 5 rings (SSSR count). The lowest BCUT2D eigenvalue weighted by atomic mass is 10.0. The maximum absolute atomic E-state index is 14.6. The summed E-state index contributed by atoms with van der Waals surface area (Å²) >= 11 is 0. The zero-order valence-corrected chi connectivity index (χ0v) is 19.9. The fraction of sp³-hybridized carbons (Fsp3) is 0.231. The van der Waals surface area contributed by atoms with Gasteiger partial charge in [-0.25, -0.2) is 9.37 Å². The molecule has 4 aromatic rings. The summed E-state index contributed by atoms with van der Waals surface area (Å²) in [4.78, 5) is 27.6. The first-order valence-electron chi connectivity index (χ1n) is 11.7. The molecule has 0 saturated carbocycles. The van der Waals surface area contributed by atoms with Gasteiger partial charge in [-0.05, 0) is 48.5 Å². The van der Waals surface area contributed by atoms with Gasteiger partial charge in [0.15, 0.2) is 5.78 Å². The highest BCUT2D eigenvalue weighted by atomic mass is 19.4. The van der Waals surface area contributed by atoms with Gasteiger partial charge in [0.2, 0.25) is 0 Å². The summed E-state index contributed by atoms with van der Waals surface area (Å²) in [7, 11) is 0. The lowest BCUT2D eigenvalue weighted by Gasteiger charge is -2.27. The number of pyridine rings is 1. The van der Waals surface area contributed by atoms with Crippen LogP contribution < -0.4 is 15.5 Å². The first-order valence-corrected chi connectivity index (χ1v) is 11.7. The molecule has 1 aliphatic rings. The number of rotatable bonds is 7. The summed E-state index contributed by atoms with van der Waals surface area (Å²) in [6.07, 6.45) is -1.83. The summed E-state index contributed by atoms with van der Waals surface area (Å²) in [6.45, 7) is 2.58. The number of benzene rings is 2. The molecule has 0 bridgehead atoms. The van der Waals surface area contributed by atoms with Crippen LogP contribution in [0.3, 0.4) is 0 Å². The van der Waals surface area contributed by atoms with Crippen LogP contribution in [0, 0.1) is 5.82 Å². The molecule has 2 aromatic carbocycles. The summed E-state index contributed by atoms with van der Waals surface area (Å²) < 4.78 is 58.6. The van der Waals surface area contributed by atoms with Gasteiger partial charge in [0, 0.05) is 36.2 Å². The van der Waals surface area contributed by atoms with E-state index in [0.717, 1.165) is 18.3 Å². The van der Waals surface area contributed by atoms with Crippen molar-refractivity contribution >= 4 is 34.0 Å². The first kappa shape index (κ1) is 25.3. The number of halogens is 4. The second-order valence-electron chi connectivity index (χ2n) is 8.51. The number of carbonyl (C=O) groups excluding carboxylic acids is 1. The largest absolute Gasteiger partial charge is 0.433 e. The van der Waals surface area contributed by atoms with Crippen LogP contribution in [0.2, 0.25) is 0 Å². The van der Waals surface area contributed by atoms with Crippen LogP contribution >= 0.6 is 0 Å². The van der Waals surface area contributed by atoms with Crippen molar-refractivity contribution in [3.8, 4) is 0 Å². The Labute approximate surface area is 214 Å². The van der Waals surface area contributed by atoms with E-state index in [1.807, 2.05) is 4.90 Å². The smallest absolute Gasteiger partial charge is 0.378 e. The van der Waals surface area contributed by atoms with E-state index in [-0.39, 0.29) is 23.5 Å². The number of aromatic nitrogens is 3. The summed E-state index contributed by atoms with van der Waals surface area (Å²) in [5.41, 5.74) is 0.787. The average Bonchev–Trinajstić information content (AvgIpc) is 2.93. The lowest BCUT2D eigenvalue weighted by molar-refractivity contribution is -0.141. The highest BCUT2D eigenvalue weighted by molar-refractivity contribution is 6.10. The molecule has 2 N–H and O–H groups in total. The fourth-order valence-electron chi connectivity index (χ4n) is 4.00. The Bertz CT molecular complexity index is 1470. The van der Waals surface area contributed by atoms with Gasteiger partial charge in [-0.2, -0.15) is 13.2 Å². The van der Waals surface area contributed by atoms with E-state index in [9.17, 15) is 22.4 Å². The molecule has 38 heavy (non-hydrogen) atoms. The Morgan fingerprint density at radius 1 is 0.947 bits per heavy atom. The van der Waals surface area contributed by atoms with Crippen LogP contribution in [0.25, 0.3) is 11.0 Å². The van der Waals surface area contributed by atoms with E-state index in [1.54, 1.807) is 24.4 Å². The predicted octanol–water partition coefficient (Wildman–Crippen LogP) is 4.73. The monoisotopic (exact) mass is 526 g/mol. The molecule has 0 aliphatic carbocycles. The number of alkyl halides is 3. The topological polar surface area (TPSA) is 92.3 Å². The Kier molecular flexibility index (Phi) is 7.05. The fourth-order valence-corrected chi connectivity index (χ4v) is 4.00. The molecule has 0 spiro atoms. The van der Waals surface area contributed by atoms with Gasteiger partial charge < -0.3 is 20.3 Å². The van der Waals surface area contributed by atoms with E-state index < -0.39 is 23.5 Å². The maximum atomic E-state index is 14.6. The molecule has 1 aliphatic heterocycles. The highest BCUT2D eigenvalue weighted by Gasteiger charge is 2.32. The molecule has 0 amide bonds. The second kappa shape index (κ2) is 10.6. The number of carbonyl (C=O) groups is 1. The van der Waals surface area contributed by atoms with Crippen LogP contribution in [0.1, 0.15) is 21.6 Å².